The highest BCUT2D eigenvalue weighted by molar-refractivity contribution is 7.19. The third-order valence-corrected chi connectivity index (χ3v) is 13.5. The number of benzene rings is 6. The van der Waals surface area contributed by atoms with Crippen LogP contribution in [0.5, 0.6) is 0 Å². The smallest absolute Gasteiger partial charge is 0.347 e. The van der Waals surface area contributed by atoms with Crippen molar-refractivity contribution >= 4 is 45.1 Å². The first-order chi connectivity index (χ1) is 30.0. The van der Waals surface area contributed by atoms with E-state index in [2.05, 4.69) is 125 Å². The fraction of sp³-hybridized carbons (Fsp3) is 0.255. The second-order valence-corrected chi connectivity index (χ2v) is 18.6. The summed E-state index contributed by atoms with van der Waals surface area (Å²) in [5, 5.41) is 0. The van der Waals surface area contributed by atoms with E-state index in [4.69, 9.17) is 0 Å². The maximum absolute atomic E-state index is 13.3. The average Bonchev–Trinajstić information content (AvgIpc) is 3.55. The summed E-state index contributed by atoms with van der Waals surface area (Å²) in [5.74, 6) is 0. The Morgan fingerprint density at radius 1 is 0.516 bits per heavy atom. The summed E-state index contributed by atoms with van der Waals surface area (Å²) in [5.41, 5.74) is 12.1. The number of halogens is 6. The van der Waals surface area contributed by atoms with Crippen molar-refractivity contribution in [3.05, 3.63) is 202 Å². The molecule has 0 fully saturated rings. The highest BCUT2D eigenvalue weighted by Gasteiger charge is 2.45. The van der Waals surface area contributed by atoms with Crippen molar-refractivity contribution in [2.24, 2.45) is 0 Å². The Bertz CT molecular complexity index is 2580. The van der Waals surface area contributed by atoms with Crippen molar-refractivity contribution in [1.29, 1.82) is 0 Å². The molecule has 0 atom stereocenters. The SMILES string of the molecule is CN1/C(=C/C=C/C2=[N+](C)c3ccc(C(F)(F)F)cc3C2(C)C)C(C)(C)c2cc(C(F)(F)F)ccc21.Cc1ccc([B-](c2ccc(C)cc2)(c2ccc(C)cc2)c2ccc(C)cc2)cc1. The number of nitrogens with zero attached hydrogens (tertiary/aromatic N) is 2. The number of alkyl halides is 6. The highest BCUT2D eigenvalue weighted by atomic mass is 19.4. The number of allylic oxidation sites excluding steroid dienone is 4. The van der Waals surface area contributed by atoms with Gasteiger partial charge in [-0.15, -0.1) is 0 Å². The zero-order valence-corrected chi connectivity index (χ0v) is 38.2. The van der Waals surface area contributed by atoms with Crippen molar-refractivity contribution in [3.8, 4) is 0 Å². The second kappa shape index (κ2) is 16.8. The number of rotatable bonds is 6. The normalized spacial score (nSPS) is 16.2. The largest absolute Gasteiger partial charge is 0.416 e. The molecule has 0 N–H and O–H groups in total. The summed E-state index contributed by atoms with van der Waals surface area (Å²) in [6.45, 7) is 16.1. The van der Waals surface area contributed by atoms with Gasteiger partial charge in [0.05, 0.1) is 16.5 Å². The van der Waals surface area contributed by atoms with Crippen LogP contribution in [0.2, 0.25) is 0 Å². The standard InChI is InChI=1S/C28H28B.C27H27F6N2/c1-21-5-13-25(14-6-21)29(26-15-7-22(2)8-16-26,27-17-9-23(3)10-18-27)28-19-11-24(4)12-20-28;1-24(2)18-14-16(26(28,29)30)10-12-20(18)34(5)22(24)8-7-9-23-25(3,4)19-15-17(27(31,32)33)11-13-21(19)35(23)6/h5-20H,1-4H3;7-15H,1-6H3/q-1;+1. The van der Waals surface area contributed by atoms with Crippen LogP contribution in [0, 0.1) is 27.7 Å². The van der Waals surface area contributed by atoms with E-state index >= 15 is 0 Å². The minimum Gasteiger partial charge on any atom is -0.347 e. The predicted octanol–water partition coefficient (Wildman–Crippen LogP) is 11.9. The van der Waals surface area contributed by atoms with Gasteiger partial charge in [0.25, 0.3) is 0 Å². The lowest BCUT2D eigenvalue weighted by Gasteiger charge is -2.44. The molecule has 2 heterocycles. The molecule has 0 spiro atoms. The predicted molar refractivity (Wildman–Crippen MR) is 254 cm³/mol. The van der Waals surface area contributed by atoms with Crippen molar-refractivity contribution < 1.29 is 30.9 Å². The van der Waals surface area contributed by atoms with Crippen molar-refractivity contribution in [1.82, 2.24) is 0 Å². The summed E-state index contributed by atoms with van der Waals surface area (Å²) in [4.78, 5) is 1.87. The van der Waals surface area contributed by atoms with Gasteiger partial charge in [0, 0.05) is 41.6 Å². The van der Waals surface area contributed by atoms with Crippen molar-refractivity contribution in [2.45, 2.75) is 78.6 Å². The molecule has 0 radical (unpaired) electrons. The van der Waals surface area contributed by atoms with Crippen molar-refractivity contribution in [3.63, 3.8) is 0 Å². The molecule has 330 valence electrons. The molecule has 6 aromatic carbocycles. The van der Waals surface area contributed by atoms with Crippen molar-refractivity contribution in [2.75, 3.05) is 19.0 Å². The zero-order chi connectivity index (χ0) is 46.6. The Kier molecular flexibility index (Phi) is 12.1. The third kappa shape index (κ3) is 8.37. The van der Waals surface area contributed by atoms with Gasteiger partial charge < -0.3 is 4.90 Å². The summed E-state index contributed by atoms with van der Waals surface area (Å²) < 4.78 is 81.6. The summed E-state index contributed by atoms with van der Waals surface area (Å²) in [7, 11) is 3.63. The van der Waals surface area contributed by atoms with E-state index in [9.17, 15) is 26.3 Å². The maximum atomic E-state index is 13.3. The molecule has 6 aromatic rings. The van der Waals surface area contributed by atoms with Crippen LogP contribution in [0.1, 0.15) is 72.2 Å². The van der Waals surface area contributed by atoms with Crippen LogP contribution in [0.3, 0.4) is 0 Å². The van der Waals surface area contributed by atoms with E-state index in [0.717, 1.165) is 23.5 Å². The van der Waals surface area contributed by atoms with Gasteiger partial charge in [-0.3, -0.25) is 0 Å². The molecule has 2 aliphatic rings. The molecular formula is C55H55BF6N2. The zero-order valence-electron chi connectivity index (χ0n) is 38.2. The van der Waals surface area contributed by atoms with Gasteiger partial charge in [0.15, 0.2) is 5.71 Å². The fourth-order valence-electron chi connectivity index (χ4n) is 9.83. The minimum absolute atomic E-state index is 0.590. The Morgan fingerprint density at radius 2 is 0.891 bits per heavy atom. The van der Waals surface area contributed by atoms with Crippen LogP contribution in [-0.2, 0) is 23.2 Å². The van der Waals surface area contributed by atoms with E-state index in [0.29, 0.717) is 22.5 Å². The summed E-state index contributed by atoms with van der Waals surface area (Å²) in [6, 6.07) is 44.0. The molecule has 9 heteroatoms. The minimum atomic E-state index is -4.42. The molecule has 2 aliphatic heterocycles. The Balaban J connectivity index is 0.000000195. The van der Waals surface area contributed by atoms with Crippen LogP contribution in [0.25, 0.3) is 0 Å². The van der Waals surface area contributed by atoms with E-state index in [1.54, 1.807) is 0 Å². The lowest BCUT2D eigenvalue weighted by Crippen LogP contribution is -2.74. The van der Waals surface area contributed by atoms with E-state index in [1.807, 2.05) is 69.5 Å². The number of hydrogen-bond donors (Lipinski definition) is 0. The van der Waals surface area contributed by atoms with Gasteiger partial charge in [-0.05, 0) is 83.5 Å². The van der Waals surface area contributed by atoms with Gasteiger partial charge in [-0.25, -0.2) is 0 Å². The second-order valence-electron chi connectivity index (χ2n) is 18.6. The van der Waals surface area contributed by atoms with E-state index in [-0.39, 0.29) is 0 Å². The van der Waals surface area contributed by atoms with Crippen LogP contribution in [0.4, 0.5) is 37.7 Å². The molecule has 0 aromatic heterocycles. The first kappa shape index (κ1) is 45.9. The fourth-order valence-corrected chi connectivity index (χ4v) is 9.83. The van der Waals surface area contributed by atoms with Crippen LogP contribution in [-0.4, -0.2) is 30.5 Å². The summed E-state index contributed by atoms with van der Waals surface area (Å²) in [6.07, 6.45) is -4.60. The molecule has 0 bridgehead atoms. The Labute approximate surface area is 374 Å². The number of fused-ring (bicyclic) bond motifs is 2. The van der Waals surface area contributed by atoms with Gasteiger partial charge in [-0.2, -0.15) is 52.8 Å². The number of hydrogen-bond acceptors (Lipinski definition) is 1. The number of likely N-dealkylation sites (N-methyl/N-ethyl adjacent to an activating group) is 1. The summed E-state index contributed by atoms with van der Waals surface area (Å²) >= 11 is 0. The van der Waals surface area contributed by atoms with Gasteiger partial charge in [0.1, 0.15) is 13.2 Å². The first-order valence-corrected chi connectivity index (χ1v) is 21.6. The Hall–Kier alpha value is -6.09. The van der Waals surface area contributed by atoms with E-state index in [1.165, 1.54) is 68.4 Å². The molecule has 8 rings (SSSR count). The number of anilines is 1. The molecule has 0 aliphatic carbocycles. The van der Waals surface area contributed by atoms with Gasteiger partial charge >= 0.3 is 12.4 Å². The van der Waals surface area contributed by atoms with Crippen LogP contribution < -0.4 is 26.8 Å². The molecule has 0 saturated heterocycles. The van der Waals surface area contributed by atoms with Gasteiger partial charge in [0.2, 0.25) is 5.69 Å². The highest BCUT2D eigenvalue weighted by Crippen LogP contribution is 2.49. The quantitative estimate of drug-likeness (QED) is 0.0918. The molecule has 0 amide bonds. The molecule has 64 heavy (non-hydrogen) atoms. The molecular weight excluding hydrogens is 813 g/mol. The van der Waals surface area contributed by atoms with Crippen LogP contribution >= 0.6 is 0 Å². The number of aryl methyl sites for hydroxylation is 4. The van der Waals surface area contributed by atoms with E-state index < -0.39 is 40.5 Å². The lowest BCUT2D eigenvalue weighted by atomic mass is 9.13. The van der Waals surface area contributed by atoms with Crippen LogP contribution in [0.15, 0.2) is 157 Å². The third-order valence-electron chi connectivity index (χ3n) is 13.5. The molecule has 2 nitrogen and oxygen atoms in total. The topological polar surface area (TPSA) is 6.25 Å². The molecule has 0 unspecified atom stereocenters. The monoisotopic (exact) mass is 868 g/mol. The maximum Gasteiger partial charge on any atom is 0.416 e. The molecule has 0 saturated carbocycles. The lowest BCUT2D eigenvalue weighted by molar-refractivity contribution is -0.401. The Morgan fingerprint density at radius 3 is 1.28 bits per heavy atom. The average molecular weight is 869 g/mol. The first-order valence-electron chi connectivity index (χ1n) is 21.6. The van der Waals surface area contributed by atoms with Gasteiger partial charge in [-0.1, -0.05) is 139 Å².